The van der Waals surface area contributed by atoms with Gasteiger partial charge in [0.25, 0.3) is 5.91 Å². The van der Waals surface area contributed by atoms with Gasteiger partial charge in [0.05, 0.1) is 5.56 Å². The molecule has 104 valence electrons. The summed E-state index contributed by atoms with van der Waals surface area (Å²) in [6.45, 7) is 1.84. The predicted molar refractivity (Wildman–Crippen MR) is 73.7 cm³/mol. The molecule has 0 saturated heterocycles. The quantitative estimate of drug-likeness (QED) is 0.334. The fraction of sp³-hybridized carbons (Fsp3) is 0.333. The highest BCUT2D eigenvalue weighted by Gasteiger charge is 2.19. The van der Waals surface area contributed by atoms with Gasteiger partial charge in [-0.1, -0.05) is 18.1 Å². The number of nitrogens with two attached hydrogens (primary N) is 1. The monoisotopic (exact) mass is 331 g/mol. The van der Waals surface area contributed by atoms with Crippen LogP contribution in [0.5, 0.6) is 0 Å². The van der Waals surface area contributed by atoms with Gasteiger partial charge >= 0.3 is 0 Å². The number of rotatable bonds is 5. The van der Waals surface area contributed by atoms with Crippen LogP contribution in [-0.2, 0) is 0 Å². The Hall–Kier alpha value is -1.63. The number of carbonyl (C=O) groups excluding carboxylic acids is 1. The summed E-state index contributed by atoms with van der Waals surface area (Å²) < 4.78 is 14.0. The number of amidine groups is 1. The third-order valence-electron chi connectivity index (χ3n) is 2.60. The highest BCUT2D eigenvalue weighted by atomic mass is 79.9. The van der Waals surface area contributed by atoms with Crippen molar-refractivity contribution >= 4 is 27.7 Å². The molecule has 1 atom stereocenters. The number of halogens is 2. The predicted octanol–water partition coefficient (Wildman–Crippen LogP) is 2.23. The van der Waals surface area contributed by atoms with Crippen LogP contribution >= 0.6 is 15.9 Å². The maximum Gasteiger partial charge on any atom is 0.255 e. The molecule has 0 heterocycles. The maximum absolute atomic E-state index is 13.6. The number of carbonyl (C=O) groups is 1. The molecule has 5 nitrogen and oxygen atoms in total. The molecule has 19 heavy (non-hydrogen) atoms. The molecule has 0 aliphatic rings. The molecule has 1 aromatic carbocycles. The SMILES string of the molecule is CCC(C/C(N)=N/O)NC(=O)c1c(F)cccc1Br. The minimum atomic E-state index is -0.606. The van der Waals surface area contributed by atoms with E-state index in [4.69, 9.17) is 10.9 Å². The van der Waals surface area contributed by atoms with Crippen molar-refractivity contribution in [1.29, 1.82) is 0 Å². The highest BCUT2D eigenvalue weighted by molar-refractivity contribution is 9.10. The van der Waals surface area contributed by atoms with Gasteiger partial charge in [-0.15, -0.1) is 0 Å². The first kappa shape index (κ1) is 15.4. The maximum atomic E-state index is 13.6. The summed E-state index contributed by atoms with van der Waals surface area (Å²) in [6, 6.07) is 3.98. The summed E-state index contributed by atoms with van der Waals surface area (Å²) in [5.41, 5.74) is 5.33. The molecule has 7 heteroatoms. The van der Waals surface area contributed by atoms with Crippen molar-refractivity contribution in [2.45, 2.75) is 25.8 Å². The van der Waals surface area contributed by atoms with E-state index in [1.807, 2.05) is 6.92 Å². The van der Waals surface area contributed by atoms with Gasteiger partial charge in [-0.2, -0.15) is 0 Å². The van der Waals surface area contributed by atoms with Gasteiger partial charge in [0.1, 0.15) is 11.7 Å². The zero-order chi connectivity index (χ0) is 14.4. The lowest BCUT2D eigenvalue weighted by atomic mass is 10.1. The number of nitrogens with zero attached hydrogens (tertiary/aromatic N) is 1. The van der Waals surface area contributed by atoms with E-state index in [0.29, 0.717) is 10.9 Å². The normalized spacial score (nSPS) is 13.1. The number of hydrogen-bond donors (Lipinski definition) is 3. The van der Waals surface area contributed by atoms with Gasteiger partial charge in [0.2, 0.25) is 0 Å². The summed E-state index contributed by atoms with van der Waals surface area (Å²) in [4.78, 5) is 12.0. The molecule has 0 aliphatic heterocycles. The molecule has 0 saturated carbocycles. The molecular formula is C12H15BrFN3O2. The van der Waals surface area contributed by atoms with Crippen molar-refractivity contribution in [1.82, 2.24) is 5.32 Å². The lowest BCUT2D eigenvalue weighted by Gasteiger charge is -2.17. The van der Waals surface area contributed by atoms with E-state index < -0.39 is 11.7 Å². The molecular weight excluding hydrogens is 317 g/mol. The lowest BCUT2D eigenvalue weighted by molar-refractivity contribution is 0.0932. The van der Waals surface area contributed by atoms with Crippen LogP contribution < -0.4 is 11.1 Å². The topological polar surface area (TPSA) is 87.7 Å². The van der Waals surface area contributed by atoms with E-state index in [-0.39, 0.29) is 23.9 Å². The van der Waals surface area contributed by atoms with E-state index in [9.17, 15) is 9.18 Å². The number of amides is 1. The van der Waals surface area contributed by atoms with Crippen molar-refractivity contribution in [2.75, 3.05) is 0 Å². The Morgan fingerprint density at radius 3 is 2.84 bits per heavy atom. The Morgan fingerprint density at radius 1 is 1.63 bits per heavy atom. The Kier molecular flexibility index (Phi) is 5.75. The molecule has 1 amide bonds. The van der Waals surface area contributed by atoms with Gasteiger partial charge in [-0.05, 0) is 34.5 Å². The molecule has 0 bridgehead atoms. The van der Waals surface area contributed by atoms with Crippen molar-refractivity contribution in [3.05, 3.63) is 34.1 Å². The number of oxime groups is 1. The van der Waals surface area contributed by atoms with Crippen molar-refractivity contribution < 1.29 is 14.4 Å². The second-order valence-electron chi connectivity index (χ2n) is 3.97. The Bertz CT molecular complexity index is 474. The summed E-state index contributed by atoms with van der Waals surface area (Å²) in [5, 5.41) is 14.0. The van der Waals surface area contributed by atoms with Crippen LogP contribution in [0.15, 0.2) is 27.8 Å². The highest BCUT2D eigenvalue weighted by Crippen LogP contribution is 2.19. The third-order valence-corrected chi connectivity index (χ3v) is 3.26. The van der Waals surface area contributed by atoms with Gasteiger partial charge in [0.15, 0.2) is 0 Å². The average molecular weight is 332 g/mol. The van der Waals surface area contributed by atoms with Crippen LogP contribution in [-0.4, -0.2) is 23.0 Å². The first-order valence-electron chi connectivity index (χ1n) is 5.70. The molecule has 4 N–H and O–H groups in total. The summed E-state index contributed by atoms with van der Waals surface area (Å²) in [7, 11) is 0. The van der Waals surface area contributed by atoms with E-state index in [1.54, 1.807) is 6.07 Å². The molecule has 1 aromatic rings. The van der Waals surface area contributed by atoms with Crippen molar-refractivity contribution in [2.24, 2.45) is 10.9 Å². The first-order valence-corrected chi connectivity index (χ1v) is 6.50. The second-order valence-corrected chi connectivity index (χ2v) is 4.83. The minimum absolute atomic E-state index is 0.0137. The third kappa shape index (κ3) is 4.20. The molecule has 0 aliphatic carbocycles. The molecule has 0 radical (unpaired) electrons. The molecule has 1 rings (SSSR count). The zero-order valence-electron chi connectivity index (χ0n) is 10.4. The van der Waals surface area contributed by atoms with E-state index in [1.165, 1.54) is 12.1 Å². The summed E-state index contributed by atoms with van der Waals surface area (Å²) in [5.74, 6) is -1.13. The fourth-order valence-electron chi connectivity index (χ4n) is 1.56. The van der Waals surface area contributed by atoms with E-state index in [0.717, 1.165) is 0 Å². The standard InChI is InChI=1S/C12H15BrFN3O2/c1-2-7(6-10(15)17-19)16-12(18)11-8(13)4-3-5-9(11)14/h3-5,7,19H,2,6H2,1H3,(H2,15,17)(H,16,18). The van der Waals surface area contributed by atoms with Crippen molar-refractivity contribution in [3.63, 3.8) is 0 Å². The van der Waals surface area contributed by atoms with Crippen LogP contribution in [0.3, 0.4) is 0 Å². The first-order chi connectivity index (χ1) is 8.99. The van der Waals surface area contributed by atoms with Crippen LogP contribution in [0.1, 0.15) is 30.1 Å². The minimum Gasteiger partial charge on any atom is -0.409 e. The second kappa shape index (κ2) is 7.08. The summed E-state index contributed by atoms with van der Waals surface area (Å²) in [6.07, 6.45) is 0.777. The van der Waals surface area contributed by atoms with Crippen molar-refractivity contribution in [3.8, 4) is 0 Å². The Morgan fingerprint density at radius 2 is 2.32 bits per heavy atom. The average Bonchev–Trinajstić information content (AvgIpc) is 2.37. The Labute approximate surface area is 118 Å². The van der Waals surface area contributed by atoms with Gasteiger partial charge in [-0.25, -0.2) is 4.39 Å². The van der Waals surface area contributed by atoms with Gasteiger partial charge in [-0.3, -0.25) is 4.79 Å². The molecule has 0 spiro atoms. The smallest absolute Gasteiger partial charge is 0.255 e. The lowest BCUT2D eigenvalue weighted by Crippen LogP contribution is -2.38. The van der Waals surface area contributed by atoms with Crippen LogP contribution in [0.25, 0.3) is 0 Å². The van der Waals surface area contributed by atoms with E-state index >= 15 is 0 Å². The summed E-state index contributed by atoms with van der Waals surface area (Å²) >= 11 is 3.13. The largest absolute Gasteiger partial charge is 0.409 e. The molecule has 0 aromatic heterocycles. The van der Waals surface area contributed by atoms with Crippen LogP contribution in [0.4, 0.5) is 4.39 Å². The van der Waals surface area contributed by atoms with Gasteiger partial charge in [0, 0.05) is 16.9 Å². The van der Waals surface area contributed by atoms with Gasteiger partial charge < -0.3 is 16.3 Å². The fourth-order valence-corrected chi connectivity index (χ4v) is 2.09. The number of hydrogen-bond acceptors (Lipinski definition) is 3. The Balaban J connectivity index is 2.83. The van der Waals surface area contributed by atoms with E-state index in [2.05, 4.69) is 26.4 Å². The number of benzene rings is 1. The molecule has 0 fully saturated rings. The number of nitrogens with one attached hydrogen (secondary N) is 1. The molecule has 1 unspecified atom stereocenters. The van der Waals surface area contributed by atoms with Crippen LogP contribution in [0.2, 0.25) is 0 Å². The van der Waals surface area contributed by atoms with Crippen LogP contribution in [0, 0.1) is 5.82 Å². The zero-order valence-corrected chi connectivity index (χ0v) is 11.9.